The van der Waals surface area contributed by atoms with Gasteiger partial charge in [-0.3, -0.25) is 9.59 Å². The maximum atomic E-state index is 11.5. The average Bonchev–Trinajstić information content (AvgIpc) is 2.23. The van der Waals surface area contributed by atoms with Crippen LogP contribution in [0.2, 0.25) is 0 Å². The molecule has 5 heteroatoms. The van der Waals surface area contributed by atoms with Gasteiger partial charge in [0.2, 0.25) is 5.91 Å². The van der Waals surface area contributed by atoms with E-state index < -0.39 is 12.0 Å². The molecule has 2 atom stereocenters. The number of amides is 1. The van der Waals surface area contributed by atoms with Crippen molar-refractivity contribution in [1.82, 2.24) is 5.32 Å². The molecule has 0 aromatic carbocycles. The van der Waals surface area contributed by atoms with E-state index in [4.69, 9.17) is 10.8 Å². The zero-order valence-electron chi connectivity index (χ0n) is 10.7. The quantitative estimate of drug-likeness (QED) is 0.532. The van der Waals surface area contributed by atoms with Gasteiger partial charge in [-0.1, -0.05) is 32.6 Å². The number of nitrogens with two attached hydrogens (primary N) is 1. The molecule has 0 radical (unpaired) electrons. The van der Waals surface area contributed by atoms with E-state index in [1.54, 1.807) is 0 Å². The summed E-state index contributed by atoms with van der Waals surface area (Å²) < 4.78 is 0. The topological polar surface area (TPSA) is 92.4 Å². The van der Waals surface area contributed by atoms with Gasteiger partial charge in [-0.2, -0.15) is 0 Å². The van der Waals surface area contributed by atoms with Crippen molar-refractivity contribution >= 4 is 11.9 Å². The number of hydrogen-bond acceptors (Lipinski definition) is 3. The Morgan fingerprint density at radius 3 is 2.47 bits per heavy atom. The zero-order valence-corrected chi connectivity index (χ0v) is 10.7. The zero-order chi connectivity index (χ0) is 13.3. The molecule has 0 aliphatic carbocycles. The predicted molar refractivity (Wildman–Crippen MR) is 66.6 cm³/mol. The van der Waals surface area contributed by atoms with E-state index in [1.807, 2.05) is 6.92 Å². The van der Waals surface area contributed by atoms with Gasteiger partial charge in [0, 0.05) is 6.04 Å². The molecular formula is C12H24N2O3. The van der Waals surface area contributed by atoms with Crippen molar-refractivity contribution in [2.45, 2.75) is 64.5 Å². The summed E-state index contributed by atoms with van der Waals surface area (Å²) >= 11 is 0. The minimum absolute atomic E-state index is 0.0548. The highest BCUT2D eigenvalue weighted by atomic mass is 16.4. The second-order valence-corrected chi connectivity index (χ2v) is 4.46. The summed E-state index contributed by atoms with van der Waals surface area (Å²) in [6.45, 7) is 4.06. The highest BCUT2D eigenvalue weighted by Gasteiger charge is 2.18. The largest absolute Gasteiger partial charge is 0.481 e. The van der Waals surface area contributed by atoms with E-state index in [0.717, 1.165) is 19.3 Å². The van der Waals surface area contributed by atoms with Crippen LogP contribution in [-0.2, 0) is 9.59 Å². The molecule has 4 N–H and O–H groups in total. The third-order valence-corrected chi connectivity index (χ3v) is 2.61. The van der Waals surface area contributed by atoms with E-state index in [9.17, 15) is 9.59 Å². The number of nitrogens with one attached hydrogen (secondary N) is 1. The van der Waals surface area contributed by atoms with Gasteiger partial charge in [0.1, 0.15) is 0 Å². The van der Waals surface area contributed by atoms with E-state index in [1.165, 1.54) is 12.8 Å². The monoisotopic (exact) mass is 244 g/mol. The molecule has 0 saturated carbocycles. The summed E-state index contributed by atoms with van der Waals surface area (Å²) in [6.07, 6.45) is 5.21. The summed E-state index contributed by atoms with van der Waals surface area (Å²) in [6, 6.07) is -0.898. The van der Waals surface area contributed by atoms with Gasteiger partial charge in [0.25, 0.3) is 0 Å². The van der Waals surface area contributed by atoms with Crippen LogP contribution < -0.4 is 11.1 Å². The molecule has 0 aliphatic heterocycles. The van der Waals surface area contributed by atoms with Gasteiger partial charge in [-0.25, -0.2) is 0 Å². The Balaban J connectivity index is 3.75. The van der Waals surface area contributed by atoms with Gasteiger partial charge in [0.15, 0.2) is 0 Å². The summed E-state index contributed by atoms with van der Waals surface area (Å²) in [5.41, 5.74) is 5.45. The number of aliphatic carboxylic acids is 1. The summed E-state index contributed by atoms with van der Waals surface area (Å²) in [4.78, 5) is 21.9. The molecule has 0 spiro atoms. The van der Waals surface area contributed by atoms with Crippen LogP contribution in [0.15, 0.2) is 0 Å². The van der Waals surface area contributed by atoms with Gasteiger partial charge in [0.05, 0.1) is 12.5 Å². The lowest BCUT2D eigenvalue weighted by Crippen LogP contribution is -2.45. The Labute approximate surface area is 103 Å². The van der Waals surface area contributed by atoms with Crippen LogP contribution in [0.25, 0.3) is 0 Å². The molecule has 0 saturated heterocycles. The molecule has 0 bridgehead atoms. The van der Waals surface area contributed by atoms with Crippen molar-refractivity contribution in [2.75, 3.05) is 0 Å². The van der Waals surface area contributed by atoms with E-state index in [0.29, 0.717) is 0 Å². The van der Waals surface area contributed by atoms with Gasteiger partial charge < -0.3 is 16.2 Å². The van der Waals surface area contributed by atoms with Crippen LogP contribution in [-0.4, -0.2) is 29.1 Å². The van der Waals surface area contributed by atoms with Crippen LogP contribution in [0, 0.1) is 0 Å². The number of carboxylic acids is 1. The van der Waals surface area contributed by atoms with Crippen LogP contribution in [0.4, 0.5) is 0 Å². The summed E-state index contributed by atoms with van der Waals surface area (Å²) in [5, 5.41) is 11.2. The minimum atomic E-state index is -1.05. The van der Waals surface area contributed by atoms with E-state index in [2.05, 4.69) is 12.2 Å². The van der Waals surface area contributed by atoms with E-state index in [-0.39, 0.29) is 18.4 Å². The fourth-order valence-corrected chi connectivity index (χ4v) is 1.58. The average molecular weight is 244 g/mol. The van der Waals surface area contributed by atoms with Crippen molar-refractivity contribution < 1.29 is 14.7 Å². The molecule has 0 heterocycles. The molecule has 0 aromatic rings. The number of rotatable bonds is 9. The Hall–Kier alpha value is -1.10. The Morgan fingerprint density at radius 1 is 1.29 bits per heavy atom. The van der Waals surface area contributed by atoms with Crippen LogP contribution >= 0.6 is 0 Å². The van der Waals surface area contributed by atoms with Crippen molar-refractivity contribution in [3.63, 3.8) is 0 Å². The smallest absolute Gasteiger partial charge is 0.305 e. The van der Waals surface area contributed by atoms with Gasteiger partial charge in [-0.05, 0) is 13.3 Å². The van der Waals surface area contributed by atoms with Crippen molar-refractivity contribution in [2.24, 2.45) is 5.73 Å². The standard InChI is InChI=1S/C12H24N2O3/c1-3-4-5-6-7-9(2)14-12(17)10(13)8-11(15)16/h9-10H,3-8,13H2,1-2H3,(H,14,17)(H,15,16)/t9?,10-/m1/s1. The highest BCUT2D eigenvalue weighted by Crippen LogP contribution is 2.05. The molecule has 5 nitrogen and oxygen atoms in total. The first kappa shape index (κ1) is 15.9. The molecule has 1 amide bonds. The Bertz CT molecular complexity index is 244. The third kappa shape index (κ3) is 8.68. The molecule has 0 aromatic heterocycles. The number of hydrogen-bond donors (Lipinski definition) is 3. The lowest BCUT2D eigenvalue weighted by molar-refractivity contribution is -0.139. The first-order chi connectivity index (χ1) is 7.97. The first-order valence-electron chi connectivity index (χ1n) is 6.25. The molecule has 0 rings (SSSR count). The first-order valence-corrected chi connectivity index (χ1v) is 6.25. The SMILES string of the molecule is CCCCCCC(C)NC(=O)[C@H](N)CC(=O)O. The molecule has 100 valence electrons. The summed E-state index contributed by atoms with van der Waals surface area (Å²) in [7, 11) is 0. The van der Waals surface area contributed by atoms with Gasteiger partial charge >= 0.3 is 5.97 Å². The van der Waals surface area contributed by atoms with Gasteiger partial charge in [-0.15, -0.1) is 0 Å². The maximum Gasteiger partial charge on any atom is 0.305 e. The number of carbonyl (C=O) groups is 2. The molecule has 1 unspecified atom stereocenters. The fourth-order valence-electron chi connectivity index (χ4n) is 1.58. The van der Waals surface area contributed by atoms with Crippen molar-refractivity contribution in [3.05, 3.63) is 0 Å². The number of carbonyl (C=O) groups excluding carboxylic acids is 1. The third-order valence-electron chi connectivity index (χ3n) is 2.61. The second kappa shape index (κ2) is 8.98. The van der Waals surface area contributed by atoms with Crippen LogP contribution in [0.3, 0.4) is 0 Å². The lowest BCUT2D eigenvalue weighted by atomic mass is 10.1. The van der Waals surface area contributed by atoms with Crippen molar-refractivity contribution in [3.8, 4) is 0 Å². The lowest BCUT2D eigenvalue weighted by Gasteiger charge is -2.16. The maximum absolute atomic E-state index is 11.5. The normalized spacial score (nSPS) is 14.1. The van der Waals surface area contributed by atoms with E-state index >= 15 is 0 Å². The number of carboxylic acid groups (broad SMARTS) is 1. The predicted octanol–water partition coefficient (Wildman–Crippen LogP) is 1.26. The molecule has 17 heavy (non-hydrogen) atoms. The Morgan fingerprint density at radius 2 is 1.94 bits per heavy atom. The molecular weight excluding hydrogens is 220 g/mol. The molecule has 0 fully saturated rings. The fraction of sp³-hybridized carbons (Fsp3) is 0.833. The summed E-state index contributed by atoms with van der Waals surface area (Å²) in [5.74, 6) is -1.43. The second-order valence-electron chi connectivity index (χ2n) is 4.46. The minimum Gasteiger partial charge on any atom is -0.481 e. The van der Waals surface area contributed by atoms with Crippen molar-refractivity contribution in [1.29, 1.82) is 0 Å². The number of unbranched alkanes of at least 4 members (excludes halogenated alkanes) is 3. The van der Waals surface area contributed by atoms with Crippen LogP contribution in [0.5, 0.6) is 0 Å². The highest BCUT2D eigenvalue weighted by molar-refractivity contribution is 5.86. The molecule has 0 aliphatic rings. The Kier molecular flexibility index (Phi) is 8.40. The van der Waals surface area contributed by atoms with Crippen LogP contribution in [0.1, 0.15) is 52.4 Å².